The first-order valence-corrected chi connectivity index (χ1v) is 10.3. The first-order chi connectivity index (χ1) is 11.8. The number of sulfonamides is 1. The van der Waals surface area contributed by atoms with Crippen LogP contribution in [0.1, 0.15) is 49.0 Å². The summed E-state index contributed by atoms with van der Waals surface area (Å²) in [6.45, 7) is 11.5. The Labute approximate surface area is 151 Å². The van der Waals surface area contributed by atoms with Crippen LogP contribution in [-0.2, 0) is 10.0 Å². The fourth-order valence-corrected chi connectivity index (χ4v) is 4.86. The van der Waals surface area contributed by atoms with E-state index < -0.39 is 10.0 Å². The molecule has 25 heavy (non-hydrogen) atoms. The number of hydrogen-bond donors (Lipinski definition) is 0. The highest BCUT2D eigenvalue weighted by atomic mass is 32.2. The zero-order valence-corrected chi connectivity index (χ0v) is 16.2. The molecule has 1 aromatic carbocycles. The van der Waals surface area contributed by atoms with Gasteiger partial charge < -0.3 is 4.90 Å². The van der Waals surface area contributed by atoms with Gasteiger partial charge in [-0.25, -0.2) is 8.42 Å². The molecule has 1 heterocycles. The number of carbonyl (C=O) groups excluding carboxylic acids is 1. The summed E-state index contributed by atoms with van der Waals surface area (Å²) in [5.41, 5.74) is 1.97. The fourth-order valence-electron chi connectivity index (χ4n) is 3.09. The number of benzene rings is 1. The topological polar surface area (TPSA) is 57.7 Å². The maximum Gasteiger partial charge on any atom is 0.254 e. The van der Waals surface area contributed by atoms with Crippen LogP contribution in [-0.4, -0.2) is 49.7 Å². The van der Waals surface area contributed by atoms with E-state index in [0.717, 1.165) is 24.8 Å². The fraction of sp³-hybridized carbons (Fsp3) is 0.526. The van der Waals surface area contributed by atoms with Crippen molar-refractivity contribution in [3.8, 4) is 0 Å². The lowest BCUT2D eigenvalue weighted by Gasteiger charge is -2.27. The highest BCUT2D eigenvalue weighted by Gasteiger charge is 2.28. The smallest absolute Gasteiger partial charge is 0.254 e. The SMILES string of the molecule is C=C(C)CN(CC)C(=O)c1ccc(C)c(S(=O)(=O)N2CCCCC2)c1. The van der Waals surface area contributed by atoms with Crippen molar-refractivity contribution in [3.63, 3.8) is 0 Å². The zero-order valence-electron chi connectivity index (χ0n) is 15.4. The summed E-state index contributed by atoms with van der Waals surface area (Å²) < 4.78 is 27.5. The van der Waals surface area contributed by atoms with Crippen molar-refractivity contribution >= 4 is 15.9 Å². The van der Waals surface area contributed by atoms with E-state index >= 15 is 0 Å². The molecule has 0 bridgehead atoms. The molecule has 1 amide bonds. The lowest BCUT2D eigenvalue weighted by atomic mass is 10.1. The van der Waals surface area contributed by atoms with Crippen LogP contribution in [0.2, 0.25) is 0 Å². The second kappa shape index (κ2) is 8.15. The van der Waals surface area contributed by atoms with Crippen LogP contribution in [0, 0.1) is 6.92 Å². The van der Waals surface area contributed by atoms with Gasteiger partial charge in [0.1, 0.15) is 0 Å². The van der Waals surface area contributed by atoms with Gasteiger partial charge in [-0.05, 0) is 51.3 Å². The highest BCUT2D eigenvalue weighted by molar-refractivity contribution is 7.89. The summed E-state index contributed by atoms with van der Waals surface area (Å²) in [5.74, 6) is -0.166. The minimum Gasteiger partial charge on any atom is -0.335 e. The van der Waals surface area contributed by atoms with Gasteiger partial charge in [-0.1, -0.05) is 24.6 Å². The Bertz CT molecular complexity index is 750. The minimum absolute atomic E-state index is 0.166. The number of aryl methyl sites for hydroxylation is 1. The molecule has 0 radical (unpaired) electrons. The lowest BCUT2D eigenvalue weighted by molar-refractivity contribution is 0.0778. The summed E-state index contributed by atoms with van der Waals surface area (Å²) in [6, 6.07) is 4.95. The zero-order chi connectivity index (χ0) is 18.6. The van der Waals surface area contributed by atoms with E-state index in [-0.39, 0.29) is 10.8 Å². The minimum atomic E-state index is -3.56. The molecule has 1 fully saturated rings. The lowest BCUT2D eigenvalue weighted by Crippen LogP contribution is -2.36. The van der Waals surface area contributed by atoms with Crippen LogP contribution < -0.4 is 0 Å². The van der Waals surface area contributed by atoms with Crippen LogP contribution in [0.5, 0.6) is 0 Å². The first kappa shape index (κ1) is 19.7. The largest absolute Gasteiger partial charge is 0.335 e. The Morgan fingerprint density at radius 3 is 2.44 bits per heavy atom. The van der Waals surface area contributed by atoms with E-state index in [2.05, 4.69) is 6.58 Å². The predicted octanol–water partition coefficient (Wildman–Crippen LogP) is 3.21. The van der Waals surface area contributed by atoms with Crippen LogP contribution in [0.4, 0.5) is 0 Å². The van der Waals surface area contributed by atoms with Crippen molar-refractivity contribution in [1.29, 1.82) is 0 Å². The summed E-state index contributed by atoms with van der Waals surface area (Å²) >= 11 is 0. The normalized spacial score (nSPS) is 15.8. The number of rotatable bonds is 6. The molecule has 0 unspecified atom stereocenters. The van der Waals surface area contributed by atoms with Gasteiger partial charge in [-0.2, -0.15) is 4.31 Å². The number of likely N-dealkylation sites (N-methyl/N-ethyl adjacent to an activating group) is 1. The van der Waals surface area contributed by atoms with E-state index in [1.807, 2.05) is 13.8 Å². The van der Waals surface area contributed by atoms with E-state index in [1.165, 1.54) is 6.07 Å². The van der Waals surface area contributed by atoms with Gasteiger partial charge in [-0.3, -0.25) is 4.79 Å². The quantitative estimate of drug-likeness (QED) is 0.728. The monoisotopic (exact) mass is 364 g/mol. The summed E-state index contributed by atoms with van der Waals surface area (Å²) in [6.07, 6.45) is 2.84. The maximum absolute atomic E-state index is 13.0. The van der Waals surface area contributed by atoms with Crippen molar-refractivity contribution in [1.82, 2.24) is 9.21 Å². The standard InChI is InChI=1S/C19H28N2O3S/c1-5-20(14-15(2)3)19(22)17-10-9-16(4)18(13-17)25(23,24)21-11-7-6-8-12-21/h9-10,13H,2,5-8,11-12,14H2,1,3-4H3. The third-order valence-electron chi connectivity index (χ3n) is 4.50. The van der Waals surface area contributed by atoms with Gasteiger partial charge >= 0.3 is 0 Å². The van der Waals surface area contributed by atoms with Gasteiger partial charge in [0.05, 0.1) is 4.90 Å². The first-order valence-electron chi connectivity index (χ1n) is 8.81. The predicted molar refractivity (Wildman–Crippen MR) is 100 cm³/mol. The third-order valence-corrected chi connectivity index (χ3v) is 6.54. The summed E-state index contributed by atoms with van der Waals surface area (Å²) in [7, 11) is -3.56. The molecule has 1 aromatic rings. The molecule has 1 saturated heterocycles. The molecule has 6 heteroatoms. The molecule has 0 spiro atoms. The molecule has 0 aliphatic carbocycles. The van der Waals surface area contributed by atoms with Crippen molar-refractivity contribution in [3.05, 3.63) is 41.5 Å². The third kappa shape index (κ3) is 4.50. The van der Waals surface area contributed by atoms with Gasteiger partial charge in [0.2, 0.25) is 10.0 Å². The van der Waals surface area contributed by atoms with E-state index in [4.69, 9.17) is 0 Å². The maximum atomic E-state index is 13.0. The Balaban J connectivity index is 2.36. The number of amides is 1. The van der Waals surface area contributed by atoms with Gasteiger partial charge in [0, 0.05) is 31.7 Å². The number of piperidine rings is 1. The van der Waals surface area contributed by atoms with Crippen molar-refractivity contribution in [2.24, 2.45) is 0 Å². The van der Waals surface area contributed by atoms with E-state index in [9.17, 15) is 13.2 Å². The molecule has 5 nitrogen and oxygen atoms in total. The van der Waals surface area contributed by atoms with Crippen molar-refractivity contribution in [2.45, 2.75) is 44.9 Å². The highest BCUT2D eigenvalue weighted by Crippen LogP contribution is 2.25. The summed E-state index contributed by atoms with van der Waals surface area (Å²) in [4.78, 5) is 14.7. The van der Waals surface area contributed by atoms with E-state index in [0.29, 0.717) is 37.3 Å². The van der Waals surface area contributed by atoms with Crippen LogP contribution in [0.3, 0.4) is 0 Å². The number of nitrogens with zero attached hydrogens (tertiary/aromatic N) is 2. The number of hydrogen-bond acceptors (Lipinski definition) is 3. The average molecular weight is 365 g/mol. The van der Waals surface area contributed by atoms with Gasteiger partial charge in [0.25, 0.3) is 5.91 Å². The Kier molecular flexibility index (Phi) is 6.41. The van der Waals surface area contributed by atoms with E-state index in [1.54, 1.807) is 28.3 Å². The molecule has 0 saturated carbocycles. The van der Waals surface area contributed by atoms with Gasteiger partial charge in [-0.15, -0.1) is 0 Å². The molecular weight excluding hydrogens is 336 g/mol. The summed E-state index contributed by atoms with van der Waals surface area (Å²) in [5, 5.41) is 0. The van der Waals surface area contributed by atoms with Crippen molar-refractivity contribution < 1.29 is 13.2 Å². The molecule has 138 valence electrons. The Morgan fingerprint density at radius 2 is 1.88 bits per heavy atom. The molecule has 0 aromatic heterocycles. The number of carbonyl (C=O) groups is 1. The Morgan fingerprint density at radius 1 is 1.24 bits per heavy atom. The Hall–Kier alpha value is -1.66. The molecule has 0 N–H and O–H groups in total. The van der Waals surface area contributed by atoms with Crippen molar-refractivity contribution in [2.75, 3.05) is 26.2 Å². The van der Waals surface area contributed by atoms with Crippen LogP contribution >= 0.6 is 0 Å². The second-order valence-corrected chi connectivity index (χ2v) is 8.63. The average Bonchev–Trinajstić information content (AvgIpc) is 2.60. The molecule has 0 atom stereocenters. The molecule has 1 aliphatic heterocycles. The van der Waals surface area contributed by atoms with Crippen LogP contribution in [0.15, 0.2) is 35.2 Å². The second-order valence-electron chi connectivity index (χ2n) is 6.72. The molecular formula is C19H28N2O3S. The van der Waals surface area contributed by atoms with Crippen LogP contribution in [0.25, 0.3) is 0 Å². The molecule has 2 rings (SSSR count). The van der Waals surface area contributed by atoms with Gasteiger partial charge in [0.15, 0.2) is 0 Å². The molecule has 1 aliphatic rings.